The molecular formula is C12H17FN6O5S2. The molecule has 2 rings (SSSR count). The highest BCUT2D eigenvalue weighted by atomic mass is 32.2. The third-order valence-electron chi connectivity index (χ3n) is 3.01. The average Bonchev–Trinajstić information content (AvgIpc) is 3.11. The summed E-state index contributed by atoms with van der Waals surface area (Å²) in [5.41, 5.74) is -0.879. The van der Waals surface area contributed by atoms with Crippen molar-refractivity contribution in [2.75, 3.05) is 13.3 Å². The molecule has 0 bridgehead atoms. The topological polar surface area (TPSA) is 130 Å². The summed E-state index contributed by atoms with van der Waals surface area (Å²) in [5, 5.41) is 5.20. The highest BCUT2D eigenvalue weighted by Gasteiger charge is 2.21. The number of aromatic nitrogens is 4. The lowest BCUT2D eigenvalue weighted by atomic mass is 10.5. The first-order chi connectivity index (χ1) is 12.3. The molecule has 0 aliphatic heterocycles. The predicted molar refractivity (Wildman–Crippen MR) is 90.0 cm³/mol. The molecule has 1 amide bonds. The molecule has 1 N–H and O–H groups in total. The van der Waals surface area contributed by atoms with Gasteiger partial charge in [0.1, 0.15) is 0 Å². The Morgan fingerprint density at radius 2 is 2.23 bits per heavy atom. The van der Waals surface area contributed by atoms with Crippen LogP contribution in [0.2, 0.25) is 0 Å². The summed E-state index contributed by atoms with van der Waals surface area (Å²) in [5.74, 6) is 0. The third-order valence-corrected chi connectivity index (χ3v) is 4.77. The number of nitrogens with zero attached hydrogens (tertiary/aromatic N) is 5. The number of halogens is 1. The molecule has 26 heavy (non-hydrogen) atoms. The molecule has 2 aromatic heterocycles. The first-order valence-electron chi connectivity index (χ1n) is 7.41. The van der Waals surface area contributed by atoms with Crippen LogP contribution < -0.4 is 20.0 Å². The fraction of sp³-hybridized carbons (Fsp3) is 0.500. The van der Waals surface area contributed by atoms with E-state index in [-0.39, 0.29) is 30.4 Å². The van der Waals surface area contributed by atoms with E-state index in [0.29, 0.717) is 4.68 Å². The number of rotatable bonds is 7. The van der Waals surface area contributed by atoms with E-state index < -0.39 is 28.6 Å². The van der Waals surface area contributed by atoms with E-state index in [2.05, 4.69) is 9.50 Å². The lowest BCUT2D eigenvalue weighted by Crippen LogP contribution is -2.40. The van der Waals surface area contributed by atoms with Crippen molar-refractivity contribution in [3.63, 3.8) is 0 Å². The summed E-state index contributed by atoms with van der Waals surface area (Å²) < 4.78 is 49.3. The summed E-state index contributed by atoms with van der Waals surface area (Å²) >= 11 is 1.00. The van der Waals surface area contributed by atoms with Gasteiger partial charge in [-0.3, -0.25) is 4.39 Å². The number of carbonyl (C=O) groups excluding carboxylic acids is 1. The van der Waals surface area contributed by atoms with Gasteiger partial charge in [0.25, 0.3) is 0 Å². The van der Waals surface area contributed by atoms with Crippen molar-refractivity contribution >= 4 is 27.6 Å². The van der Waals surface area contributed by atoms with Crippen molar-refractivity contribution in [3.8, 4) is 6.01 Å². The minimum Gasteiger partial charge on any atom is -0.464 e. The number of carbonyl (C=O) groups is 1. The number of nitrogens with one attached hydrogen (secondary N) is 1. The standard InChI is InChI=1S/C12H17FN6O5S2/c1-3-24-10-14-19(12(21)17(10)2)9(20)15-26(22,23)16-11-18(6-4-5-13)7-8-25-11/h7-8H,3-6H2,1-2H3,(H,15,20)/b16-11-. The van der Waals surface area contributed by atoms with Gasteiger partial charge in [-0.1, -0.05) is 0 Å². The largest absolute Gasteiger partial charge is 0.464 e. The van der Waals surface area contributed by atoms with Gasteiger partial charge >= 0.3 is 27.9 Å². The summed E-state index contributed by atoms with van der Waals surface area (Å²) in [7, 11) is -3.14. The number of ether oxygens (including phenoxy) is 1. The van der Waals surface area contributed by atoms with Crippen LogP contribution in [-0.4, -0.2) is 46.6 Å². The van der Waals surface area contributed by atoms with E-state index >= 15 is 0 Å². The monoisotopic (exact) mass is 408 g/mol. The molecule has 2 aromatic rings. The zero-order chi connectivity index (χ0) is 19.3. The molecule has 144 valence electrons. The molecule has 0 aliphatic carbocycles. The Labute approximate surface area is 151 Å². The number of amides is 1. The fourth-order valence-electron chi connectivity index (χ4n) is 1.86. The SMILES string of the molecule is CCOc1nn(C(=O)NS(=O)(=O)/N=c2\sccn2CCCF)c(=O)n1C. The molecule has 0 saturated heterocycles. The van der Waals surface area contributed by atoms with Crippen LogP contribution in [0.15, 0.2) is 20.8 Å². The minimum absolute atomic E-state index is 0.0575. The second-order valence-electron chi connectivity index (χ2n) is 4.86. The first kappa shape index (κ1) is 19.8. The van der Waals surface area contributed by atoms with Gasteiger partial charge in [-0.2, -0.15) is 8.42 Å². The zero-order valence-electron chi connectivity index (χ0n) is 14.0. The number of hydrogen-bond acceptors (Lipinski definition) is 7. The van der Waals surface area contributed by atoms with Gasteiger partial charge in [0, 0.05) is 25.2 Å². The van der Waals surface area contributed by atoms with Crippen LogP contribution >= 0.6 is 11.3 Å². The lowest BCUT2D eigenvalue weighted by Gasteiger charge is -2.02. The molecule has 0 atom stereocenters. The molecule has 2 heterocycles. The zero-order valence-corrected chi connectivity index (χ0v) is 15.6. The first-order valence-corrected chi connectivity index (χ1v) is 9.73. The van der Waals surface area contributed by atoms with Crippen molar-refractivity contribution in [1.29, 1.82) is 0 Å². The molecule has 11 nitrogen and oxygen atoms in total. The molecule has 14 heteroatoms. The van der Waals surface area contributed by atoms with Gasteiger partial charge in [0.05, 0.1) is 13.3 Å². The molecular weight excluding hydrogens is 391 g/mol. The Kier molecular flexibility index (Phi) is 6.31. The Morgan fingerprint density at radius 1 is 1.50 bits per heavy atom. The maximum Gasteiger partial charge on any atom is 0.361 e. The molecule has 0 fully saturated rings. The van der Waals surface area contributed by atoms with Gasteiger partial charge < -0.3 is 9.30 Å². The Balaban J connectivity index is 2.26. The maximum atomic E-state index is 12.3. The summed E-state index contributed by atoms with van der Waals surface area (Å²) in [6.45, 7) is 1.54. The van der Waals surface area contributed by atoms with Crippen molar-refractivity contribution in [3.05, 3.63) is 26.9 Å². The average molecular weight is 408 g/mol. The van der Waals surface area contributed by atoms with Crippen LogP contribution in [0.25, 0.3) is 0 Å². The molecule has 0 aliphatic rings. The fourth-order valence-corrected chi connectivity index (χ4v) is 3.60. The highest BCUT2D eigenvalue weighted by Crippen LogP contribution is 2.01. The Bertz CT molecular complexity index is 1000. The van der Waals surface area contributed by atoms with E-state index in [1.54, 1.807) is 23.2 Å². The van der Waals surface area contributed by atoms with Gasteiger partial charge in [0.2, 0.25) is 4.80 Å². The summed E-state index contributed by atoms with van der Waals surface area (Å²) in [6.07, 6.45) is 1.74. The van der Waals surface area contributed by atoms with Crippen molar-refractivity contribution in [1.82, 2.24) is 23.6 Å². The Morgan fingerprint density at radius 3 is 2.88 bits per heavy atom. The van der Waals surface area contributed by atoms with Gasteiger partial charge in [-0.15, -0.1) is 25.5 Å². The molecule has 0 saturated carbocycles. The number of thiazole rings is 1. The Hall–Kier alpha value is -2.48. The molecule has 0 radical (unpaired) electrons. The van der Waals surface area contributed by atoms with Gasteiger partial charge in [0.15, 0.2) is 0 Å². The second-order valence-corrected chi connectivity index (χ2v) is 7.07. The van der Waals surface area contributed by atoms with Crippen LogP contribution in [0.5, 0.6) is 6.01 Å². The van der Waals surface area contributed by atoms with Crippen molar-refractivity contribution in [2.24, 2.45) is 11.4 Å². The predicted octanol–water partition coefficient (Wildman–Crippen LogP) is -0.394. The number of aryl methyl sites for hydroxylation is 1. The summed E-state index contributed by atoms with van der Waals surface area (Å²) in [6, 6.07) is -1.43. The number of hydrogen-bond donors (Lipinski definition) is 1. The second kappa shape index (κ2) is 8.27. The third kappa shape index (κ3) is 4.57. The van der Waals surface area contributed by atoms with Crippen LogP contribution in [0.3, 0.4) is 0 Å². The minimum atomic E-state index is -4.46. The molecule has 0 spiro atoms. The molecule has 0 aromatic carbocycles. The smallest absolute Gasteiger partial charge is 0.361 e. The van der Waals surface area contributed by atoms with E-state index in [1.165, 1.54) is 11.6 Å². The van der Waals surface area contributed by atoms with Crippen molar-refractivity contribution < 1.29 is 22.3 Å². The normalized spacial score (nSPS) is 12.3. The van der Waals surface area contributed by atoms with Crippen LogP contribution in [0.4, 0.5) is 9.18 Å². The van der Waals surface area contributed by atoms with E-state index in [0.717, 1.165) is 15.9 Å². The van der Waals surface area contributed by atoms with Gasteiger partial charge in [-0.05, 0) is 13.3 Å². The quantitative estimate of drug-likeness (QED) is 0.664. The van der Waals surface area contributed by atoms with Gasteiger partial charge in [-0.25, -0.2) is 18.9 Å². The van der Waals surface area contributed by atoms with Crippen LogP contribution in [0, 0.1) is 0 Å². The van der Waals surface area contributed by atoms with Crippen LogP contribution in [0.1, 0.15) is 13.3 Å². The van der Waals surface area contributed by atoms with E-state index in [9.17, 15) is 22.4 Å². The van der Waals surface area contributed by atoms with Crippen molar-refractivity contribution in [2.45, 2.75) is 19.9 Å². The highest BCUT2D eigenvalue weighted by molar-refractivity contribution is 7.88. The van der Waals surface area contributed by atoms with E-state index in [1.807, 2.05) is 0 Å². The van der Waals surface area contributed by atoms with Crippen LogP contribution in [-0.2, 0) is 23.8 Å². The number of alkyl halides is 1. The summed E-state index contributed by atoms with van der Waals surface area (Å²) in [4.78, 5) is 24.1. The lowest BCUT2D eigenvalue weighted by molar-refractivity contribution is 0.242. The van der Waals surface area contributed by atoms with E-state index in [4.69, 9.17) is 4.74 Å². The maximum absolute atomic E-state index is 12.3. The molecule has 0 unspecified atom stereocenters.